The summed E-state index contributed by atoms with van der Waals surface area (Å²) < 4.78 is 83.8. The van der Waals surface area contributed by atoms with Crippen LogP contribution in [-0.2, 0) is 16.0 Å². The van der Waals surface area contributed by atoms with Crippen molar-refractivity contribution in [2.75, 3.05) is 12.4 Å². The molecule has 1 aromatic carbocycles. The van der Waals surface area contributed by atoms with Gasteiger partial charge >= 0.3 is 6.18 Å². The lowest BCUT2D eigenvalue weighted by Gasteiger charge is -2.23. The molecule has 2 aromatic heterocycles. The molecule has 0 radical (unpaired) electrons. The van der Waals surface area contributed by atoms with Gasteiger partial charge in [0.2, 0.25) is 0 Å². The van der Waals surface area contributed by atoms with Crippen LogP contribution in [-0.4, -0.2) is 41.2 Å². The summed E-state index contributed by atoms with van der Waals surface area (Å²) >= 11 is 0. The molecule has 12 heteroatoms. The smallest absolute Gasteiger partial charge is 0.416 e. The minimum Gasteiger partial charge on any atom is -0.483 e. The van der Waals surface area contributed by atoms with Gasteiger partial charge in [-0.2, -0.15) is 23.0 Å². The van der Waals surface area contributed by atoms with Crippen LogP contribution in [0.4, 0.5) is 17.6 Å². The van der Waals surface area contributed by atoms with E-state index in [-0.39, 0.29) is 22.3 Å². The first-order valence-corrected chi connectivity index (χ1v) is 11.0. The maximum Gasteiger partial charge on any atom is 0.416 e. The summed E-state index contributed by atoms with van der Waals surface area (Å²) in [7, 11) is -3.98. The standard InChI is InChI=1S/C20H19F4N3O4S/c1-4-32(29,30)16-8-14(31-19(2,3)11-21)10-25-17(16)27-18(28)15-7-13(20(22,23)24)6-5-12(15)9-26-27/h5-10H,4,11H2,1-3H3. The molecule has 0 atom stereocenters. The summed E-state index contributed by atoms with van der Waals surface area (Å²) in [6.07, 6.45) is -2.45. The summed E-state index contributed by atoms with van der Waals surface area (Å²) in [6.45, 7) is 3.40. The second kappa shape index (κ2) is 8.15. The van der Waals surface area contributed by atoms with Crippen LogP contribution in [0.15, 0.2) is 46.3 Å². The number of halogens is 4. The third-order valence-electron chi connectivity index (χ3n) is 4.56. The van der Waals surface area contributed by atoms with E-state index < -0.39 is 50.1 Å². The van der Waals surface area contributed by atoms with Crippen LogP contribution in [0.5, 0.6) is 5.75 Å². The Morgan fingerprint density at radius 3 is 2.41 bits per heavy atom. The molecule has 0 saturated heterocycles. The lowest BCUT2D eigenvalue weighted by Crippen LogP contribution is -2.31. The minimum absolute atomic E-state index is 0.0587. The molecule has 0 spiro atoms. The van der Waals surface area contributed by atoms with Crippen molar-refractivity contribution in [3.63, 3.8) is 0 Å². The number of ether oxygens (including phenoxy) is 1. The summed E-state index contributed by atoms with van der Waals surface area (Å²) in [6, 6.07) is 3.68. The van der Waals surface area contributed by atoms with E-state index in [0.29, 0.717) is 10.7 Å². The number of sulfone groups is 1. The zero-order chi connectivity index (χ0) is 23.9. The highest BCUT2D eigenvalue weighted by molar-refractivity contribution is 7.91. The fraction of sp³-hybridized carbons (Fsp3) is 0.350. The van der Waals surface area contributed by atoms with Crippen molar-refractivity contribution in [2.45, 2.75) is 37.4 Å². The van der Waals surface area contributed by atoms with Crippen molar-refractivity contribution >= 4 is 20.6 Å². The Morgan fingerprint density at radius 1 is 1.12 bits per heavy atom. The van der Waals surface area contributed by atoms with Crippen molar-refractivity contribution in [3.8, 4) is 11.6 Å². The van der Waals surface area contributed by atoms with Crippen LogP contribution in [0.3, 0.4) is 0 Å². The predicted octanol–water partition coefficient (Wildman–Crippen LogP) is 3.72. The van der Waals surface area contributed by atoms with Gasteiger partial charge in [-0.15, -0.1) is 0 Å². The molecular weight excluding hydrogens is 454 g/mol. The highest BCUT2D eigenvalue weighted by Gasteiger charge is 2.31. The van der Waals surface area contributed by atoms with Crippen molar-refractivity contribution < 1.29 is 30.7 Å². The second-order valence-electron chi connectivity index (χ2n) is 7.55. The maximum absolute atomic E-state index is 13.1. The van der Waals surface area contributed by atoms with Crippen LogP contribution < -0.4 is 10.3 Å². The molecule has 0 saturated carbocycles. The first kappa shape index (κ1) is 23.6. The largest absolute Gasteiger partial charge is 0.483 e. The molecule has 32 heavy (non-hydrogen) atoms. The second-order valence-corrected chi connectivity index (χ2v) is 9.80. The van der Waals surface area contributed by atoms with Crippen LogP contribution >= 0.6 is 0 Å². The van der Waals surface area contributed by atoms with E-state index in [9.17, 15) is 30.8 Å². The van der Waals surface area contributed by atoms with Crippen molar-refractivity contribution in [1.29, 1.82) is 0 Å². The Bertz CT molecular complexity index is 1330. The Morgan fingerprint density at radius 2 is 1.81 bits per heavy atom. The normalized spacial score (nSPS) is 12.8. The lowest BCUT2D eigenvalue weighted by molar-refractivity contribution is -0.137. The van der Waals surface area contributed by atoms with Gasteiger partial charge in [-0.3, -0.25) is 4.79 Å². The van der Waals surface area contributed by atoms with Gasteiger partial charge in [-0.25, -0.2) is 17.8 Å². The van der Waals surface area contributed by atoms with E-state index in [0.717, 1.165) is 30.6 Å². The summed E-state index contributed by atoms with van der Waals surface area (Å²) in [4.78, 5) is 16.5. The Kier molecular flexibility index (Phi) is 6.02. The van der Waals surface area contributed by atoms with Crippen molar-refractivity contribution in [3.05, 3.63) is 52.6 Å². The number of benzene rings is 1. The molecule has 2 heterocycles. The monoisotopic (exact) mass is 473 g/mol. The van der Waals surface area contributed by atoms with Crippen LogP contribution in [0.25, 0.3) is 16.6 Å². The molecule has 0 fully saturated rings. The van der Waals surface area contributed by atoms with Gasteiger partial charge in [-0.05, 0) is 26.0 Å². The molecule has 0 amide bonds. The highest BCUT2D eigenvalue weighted by atomic mass is 32.2. The lowest BCUT2D eigenvalue weighted by atomic mass is 10.1. The van der Waals surface area contributed by atoms with E-state index in [1.165, 1.54) is 20.8 Å². The van der Waals surface area contributed by atoms with Gasteiger partial charge < -0.3 is 4.74 Å². The first-order valence-electron chi connectivity index (χ1n) is 9.36. The van der Waals surface area contributed by atoms with Gasteiger partial charge in [-0.1, -0.05) is 13.0 Å². The zero-order valence-corrected chi connectivity index (χ0v) is 18.1. The molecule has 0 aliphatic rings. The number of fused-ring (bicyclic) bond motifs is 1. The molecule has 3 aromatic rings. The Labute approximate surface area is 180 Å². The SMILES string of the molecule is CCS(=O)(=O)c1cc(OC(C)(C)CF)cnc1-n1ncc2ccc(C(F)(F)F)cc2c1=O. The van der Waals surface area contributed by atoms with Gasteiger partial charge in [0.25, 0.3) is 5.56 Å². The number of hydrogen-bond acceptors (Lipinski definition) is 6. The van der Waals surface area contributed by atoms with Gasteiger partial charge in [0.15, 0.2) is 15.7 Å². The minimum atomic E-state index is -4.67. The van der Waals surface area contributed by atoms with E-state index in [4.69, 9.17) is 4.74 Å². The molecule has 0 bridgehead atoms. The topological polar surface area (TPSA) is 91.2 Å². The van der Waals surface area contributed by atoms with Gasteiger partial charge in [0, 0.05) is 11.5 Å². The number of aromatic nitrogens is 3. The van der Waals surface area contributed by atoms with Crippen molar-refractivity contribution in [1.82, 2.24) is 14.8 Å². The summed E-state index contributed by atoms with van der Waals surface area (Å²) in [5.74, 6) is -0.823. The third kappa shape index (κ3) is 4.59. The van der Waals surface area contributed by atoms with E-state index in [1.54, 1.807) is 0 Å². The quantitative estimate of drug-likeness (QED) is 0.507. The highest BCUT2D eigenvalue weighted by Crippen LogP contribution is 2.31. The summed E-state index contributed by atoms with van der Waals surface area (Å²) in [5, 5.41) is 3.73. The van der Waals surface area contributed by atoms with Gasteiger partial charge in [0.05, 0.1) is 29.1 Å². The predicted molar refractivity (Wildman–Crippen MR) is 109 cm³/mol. The third-order valence-corrected chi connectivity index (χ3v) is 6.29. The number of pyridine rings is 1. The number of nitrogens with zero attached hydrogens (tertiary/aromatic N) is 3. The molecule has 0 aliphatic heterocycles. The molecule has 0 aliphatic carbocycles. The van der Waals surface area contributed by atoms with Gasteiger partial charge in [0.1, 0.15) is 22.9 Å². The van der Waals surface area contributed by atoms with Crippen LogP contribution in [0.1, 0.15) is 26.3 Å². The maximum atomic E-state index is 13.1. The number of hydrogen-bond donors (Lipinski definition) is 0. The molecular formula is C20H19F4N3O4S. The fourth-order valence-corrected chi connectivity index (χ4v) is 3.86. The molecule has 172 valence electrons. The summed E-state index contributed by atoms with van der Waals surface area (Å²) in [5.41, 5.74) is -3.28. The fourth-order valence-electron chi connectivity index (χ4n) is 2.83. The zero-order valence-electron chi connectivity index (χ0n) is 17.3. The Hall–Kier alpha value is -3.02. The number of alkyl halides is 4. The van der Waals surface area contributed by atoms with Crippen molar-refractivity contribution in [2.24, 2.45) is 0 Å². The Balaban J connectivity index is 2.26. The first-order chi connectivity index (χ1) is 14.8. The molecule has 0 unspecified atom stereocenters. The van der Waals surface area contributed by atoms with Crippen LogP contribution in [0.2, 0.25) is 0 Å². The average molecular weight is 473 g/mol. The van der Waals surface area contributed by atoms with E-state index in [1.807, 2.05) is 0 Å². The molecule has 3 rings (SSSR count). The van der Waals surface area contributed by atoms with Crippen LogP contribution in [0, 0.1) is 0 Å². The molecule has 0 N–H and O–H groups in total. The average Bonchev–Trinajstić information content (AvgIpc) is 2.73. The van der Waals surface area contributed by atoms with E-state index >= 15 is 0 Å². The number of rotatable bonds is 6. The van der Waals surface area contributed by atoms with E-state index in [2.05, 4.69) is 10.1 Å². The molecule has 7 nitrogen and oxygen atoms in total.